The second-order valence-corrected chi connectivity index (χ2v) is 5.51. The number of ether oxygens (including phenoxy) is 1. The summed E-state index contributed by atoms with van der Waals surface area (Å²) in [5.74, 6) is 2.22. The number of aromatic nitrogens is 1. The Morgan fingerprint density at radius 2 is 1.74 bits per heavy atom. The molecule has 0 spiro atoms. The minimum atomic E-state index is 0.585. The molecular formula is C20H19NO2. The lowest BCUT2D eigenvalue weighted by molar-refractivity contribution is 0.362. The molecule has 3 heteroatoms. The zero-order chi connectivity index (χ0) is 16.1. The van der Waals surface area contributed by atoms with Gasteiger partial charge in [0, 0.05) is 11.1 Å². The van der Waals surface area contributed by atoms with Crippen molar-refractivity contribution in [3.63, 3.8) is 0 Å². The van der Waals surface area contributed by atoms with Crippen molar-refractivity contribution in [2.45, 2.75) is 13.8 Å². The molecule has 3 aromatic rings. The van der Waals surface area contributed by atoms with Gasteiger partial charge in [-0.15, -0.1) is 0 Å². The van der Waals surface area contributed by atoms with Crippen molar-refractivity contribution in [3.8, 4) is 28.5 Å². The fourth-order valence-corrected chi connectivity index (χ4v) is 2.14. The van der Waals surface area contributed by atoms with Crippen LogP contribution in [0, 0.1) is 0 Å². The Labute approximate surface area is 136 Å². The van der Waals surface area contributed by atoms with Crippen LogP contribution in [-0.2, 0) is 0 Å². The van der Waals surface area contributed by atoms with Gasteiger partial charge in [0.05, 0.1) is 6.20 Å². The Bertz CT molecular complexity index is 782. The number of benzene rings is 2. The first-order valence-corrected chi connectivity index (χ1v) is 7.60. The van der Waals surface area contributed by atoms with E-state index in [1.165, 1.54) is 5.57 Å². The van der Waals surface area contributed by atoms with Crippen LogP contribution in [0.4, 0.5) is 0 Å². The van der Waals surface area contributed by atoms with E-state index < -0.39 is 0 Å². The molecule has 0 unspecified atom stereocenters. The van der Waals surface area contributed by atoms with E-state index in [4.69, 9.17) is 9.15 Å². The average Bonchev–Trinajstić information content (AvgIpc) is 3.06. The molecule has 2 aromatic carbocycles. The van der Waals surface area contributed by atoms with Gasteiger partial charge in [-0.2, -0.15) is 0 Å². The third-order valence-electron chi connectivity index (χ3n) is 3.41. The number of allylic oxidation sites excluding steroid dienone is 1. The molecule has 0 fully saturated rings. The number of hydrogen-bond acceptors (Lipinski definition) is 3. The third kappa shape index (κ3) is 3.89. The minimum Gasteiger partial charge on any atom is -0.490 e. The number of oxazole rings is 1. The highest BCUT2D eigenvalue weighted by Crippen LogP contribution is 2.27. The van der Waals surface area contributed by atoms with Crippen molar-refractivity contribution < 1.29 is 9.15 Å². The number of hydrogen-bond donors (Lipinski definition) is 0. The summed E-state index contributed by atoms with van der Waals surface area (Å²) in [7, 11) is 0. The maximum Gasteiger partial charge on any atom is 0.226 e. The van der Waals surface area contributed by atoms with Gasteiger partial charge in [-0.25, -0.2) is 4.98 Å². The second-order valence-electron chi connectivity index (χ2n) is 5.51. The monoisotopic (exact) mass is 305 g/mol. The van der Waals surface area contributed by atoms with Gasteiger partial charge in [0.15, 0.2) is 5.76 Å². The van der Waals surface area contributed by atoms with E-state index in [9.17, 15) is 0 Å². The summed E-state index contributed by atoms with van der Waals surface area (Å²) < 4.78 is 11.5. The predicted octanol–water partition coefficient (Wildman–Crippen LogP) is 5.35. The zero-order valence-electron chi connectivity index (χ0n) is 13.3. The normalized spacial score (nSPS) is 10.3. The number of rotatable bonds is 5. The van der Waals surface area contributed by atoms with Gasteiger partial charge >= 0.3 is 0 Å². The molecule has 3 rings (SSSR count). The van der Waals surface area contributed by atoms with Crippen LogP contribution in [0.15, 0.2) is 76.9 Å². The van der Waals surface area contributed by atoms with Gasteiger partial charge in [0.2, 0.25) is 5.89 Å². The lowest BCUT2D eigenvalue weighted by Gasteiger charge is -2.04. The summed E-state index contributed by atoms with van der Waals surface area (Å²) in [4.78, 5) is 4.35. The fourth-order valence-electron chi connectivity index (χ4n) is 2.14. The summed E-state index contributed by atoms with van der Waals surface area (Å²) in [6, 6.07) is 17.7. The van der Waals surface area contributed by atoms with Crippen LogP contribution in [0.25, 0.3) is 22.8 Å². The standard InChI is InChI=1S/C20H19NO2/c1-15(2)12-13-22-18-10-8-16(9-11-18)19-14-21-20(23-19)17-6-4-3-5-7-17/h3-12,14H,13H2,1-2H3. The first-order chi connectivity index (χ1) is 11.2. The van der Waals surface area contributed by atoms with Crippen molar-refractivity contribution in [2.24, 2.45) is 0 Å². The van der Waals surface area contributed by atoms with Gasteiger partial charge in [-0.05, 0) is 56.3 Å². The molecule has 1 aromatic heterocycles. The Kier molecular flexibility index (Phi) is 4.57. The summed E-state index contributed by atoms with van der Waals surface area (Å²) >= 11 is 0. The highest BCUT2D eigenvalue weighted by molar-refractivity contribution is 5.61. The van der Waals surface area contributed by atoms with Crippen LogP contribution in [-0.4, -0.2) is 11.6 Å². The SMILES string of the molecule is CC(C)=CCOc1ccc(-c2cnc(-c3ccccc3)o2)cc1. The summed E-state index contributed by atoms with van der Waals surface area (Å²) in [5, 5.41) is 0. The van der Waals surface area contributed by atoms with Crippen LogP contribution in [0.2, 0.25) is 0 Å². The summed E-state index contributed by atoms with van der Waals surface area (Å²) in [6.45, 7) is 4.70. The van der Waals surface area contributed by atoms with E-state index in [-0.39, 0.29) is 0 Å². The average molecular weight is 305 g/mol. The van der Waals surface area contributed by atoms with Crippen molar-refractivity contribution in [1.82, 2.24) is 4.98 Å². The second kappa shape index (κ2) is 6.97. The minimum absolute atomic E-state index is 0.585. The maximum absolute atomic E-state index is 5.85. The molecule has 0 bridgehead atoms. The van der Waals surface area contributed by atoms with E-state index in [0.717, 1.165) is 22.6 Å². The first-order valence-electron chi connectivity index (χ1n) is 7.60. The Morgan fingerprint density at radius 3 is 2.43 bits per heavy atom. The topological polar surface area (TPSA) is 35.3 Å². The van der Waals surface area contributed by atoms with Crippen LogP contribution in [0.3, 0.4) is 0 Å². The molecule has 0 radical (unpaired) electrons. The molecule has 0 amide bonds. The third-order valence-corrected chi connectivity index (χ3v) is 3.41. The Balaban J connectivity index is 1.73. The molecule has 116 valence electrons. The molecule has 1 heterocycles. The van der Waals surface area contributed by atoms with Gasteiger partial charge in [0.1, 0.15) is 12.4 Å². The van der Waals surface area contributed by atoms with Crippen LogP contribution < -0.4 is 4.74 Å². The zero-order valence-corrected chi connectivity index (χ0v) is 13.3. The maximum atomic E-state index is 5.85. The first kappa shape index (κ1) is 15.1. The molecule has 0 saturated carbocycles. The van der Waals surface area contributed by atoms with Gasteiger partial charge in [-0.1, -0.05) is 23.8 Å². The van der Waals surface area contributed by atoms with Crippen molar-refractivity contribution in [3.05, 3.63) is 72.4 Å². The van der Waals surface area contributed by atoms with E-state index >= 15 is 0 Å². The van der Waals surface area contributed by atoms with Gasteiger partial charge in [0.25, 0.3) is 0 Å². The number of nitrogens with zero attached hydrogens (tertiary/aromatic N) is 1. The molecule has 3 nitrogen and oxygen atoms in total. The van der Waals surface area contributed by atoms with Crippen molar-refractivity contribution in [1.29, 1.82) is 0 Å². The molecule has 0 saturated heterocycles. The van der Waals surface area contributed by atoms with E-state index in [0.29, 0.717) is 12.5 Å². The highest BCUT2D eigenvalue weighted by atomic mass is 16.5. The Hall–Kier alpha value is -2.81. The highest BCUT2D eigenvalue weighted by Gasteiger charge is 2.08. The predicted molar refractivity (Wildman–Crippen MR) is 92.3 cm³/mol. The summed E-state index contributed by atoms with van der Waals surface area (Å²) in [5.41, 5.74) is 3.20. The molecule has 23 heavy (non-hydrogen) atoms. The quantitative estimate of drug-likeness (QED) is 0.596. The Morgan fingerprint density at radius 1 is 1.00 bits per heavy atom. The molecule has 0 aliphatic heterocycles. The fraction of sp³-hybridized carbons (Fsp3) is 0.150. The smallest absolute Gasteiger partial charge is 0.226 e. The van der Waals surface area contributed by atoms with Gasteiger partial charge in [-0.3, -0.25) is 0 Å². The lowest BCUT2D eigenvalue weighted by atomic mass is 10.2. The molecule has 0 N–H and O–H groups in total. The van der Waals surface area contributed by atoms with Gasteiger partial charge < -0.3 is 9.15 Å². The lowest BCUT2D eigenvalue weighted by Crippen LogP contribution is -1.93. The summed E-state index contributed by atoms with van der Waals surface area (Å²) in [6.07, 6.45) is 3.80. The van der Waals surface area contributed by atoms with Crippen LogP contribution in [0.1, 0.15) is 13.8 Å². The van der Waals surface area contributed by atoms with E-state index in [1.807, 2.05) is 54.6 Å². The van der Waals surface area contributed by atoms with E-state index in [1.54, 1.807) is 6.20 Å². The molecule has 0 aliphatic carbocycles. The largest absolute Gasteiger partial charge is 0.490 e. The van der Waals surface area contributed by atoms with E-state index in [2.05, 4.69) is 24.9 Å². The molecule has 0 atom stereocenters. The van der Waals surface area contributed by atoms with Crippen molar-refractivity contribution >= 4 is 0 Å². The van der Waals surface area contributed by atoms with Crippen LogP contribution >= 0.6 is 0 Å². The van der Waals surface area contributed by atoms with Crippen LogP contribution in [0.5, 0.6) is 5.75 Å². The van der Waals surface area contributed by atoms with Crippen molar-refractivity contribution in [2.75, 3.05) is 6.61 Å². The molecular weight excluding hydrogens is 286 g/mol. The molecule has 0 aliphatic rings.